The van der Waals surface area contributed by atoms with Gasteiger partial charge in [0.15, 0.2) is 0 Å². The van der Waals surface area contributed by atoms with Crippen LogP contribution in [-0.2, 0) is 0 Å². The van der Waals surface area contributed by atoms with Gasteiger partial charge in [0.1, 0.15) is 0 Å². The molecule has 0 aromatic rings. The molecule has 2 N–H and O–H groups in total. The monoisotopic (exact) mass is 252 g/mol. The number of amides is 2. The van der Waals surface area contributed by atoms with Crippen LogP contribution in [0.5, 0.6) is 0 Å². The maximum Gasteiger partial charge on any atom is 0.317 e. The summed E-state index contributed by atoms with van der Waals surface area (Å²) in [5.41, 5.74) is -0.611. The van der Waals surface area contributed by atoms with Crippen molar-refractivity contribution in [3.8, 4) is 0 Å². The van der Waals surface area contributed by atoms with Crippen molar-refractivity contribution in [2.45, 2.75) is 57.1 Å². The van der Waals surface area contributed by atoms with Gasteiger partial charge in [-0.2, -0.15) is 0 Å². The van der Waals surface area contributed by atoms with Crippen molar-refractivity contribution in [3.63, 3.8) is 0 Å². The fraction of sp³-hybridized carbons (Fsp3) is 0.786. The van der Waals surface area contributed by atoms with E-state index in [1.807, 2.05) is 11.8 Å². The van der Waals surface area contributed by atoms with Crippen molar-refractivity contribution >= 4 is 6.03 Å². The highest BCUT2D eigenvalue weighted by Gasteiger charge is 2.27. The molecule has 2 amide bonds. The molecule has 102 valence electrons. The van der Waals surface area contributed by atoms with Crippen LogP contribution in [0.25, 0.3) is 0 Å². The summed E-state index contributed by atoms with van der Waals surface area (Å²) in [5.74, 6) is 0. The van der Waals surface area contributed by atoms with E-state index in [9.17, 15) is 9.90 Å². The Bertz CT molecular complexity index is 326. The summed E-state index contributed by atoms with van der Waals surface area (Å²) in [4.78, 5) is 14.0. The molecule has 0 saturated carbocycles. The Morgan fingerprint density at radius 2 is 2.22 bits per heavy atom. The number of likely N-dealkylation sites (tertiary alicyclic amines) is 1. The van der Waals surface area contributed by atoms with Crippen LogP contribution in [0.2, 0.25) is 0 Å². The van der Waals surface area contributed by atoms with Crippen LogP contribution < -0.4 is 5.32 Å². The molecule has 1 aliphatic heterocycles. The first-order chi connectivity index (χ1) is 8.57. The topological polar surface area (TPSA) is 52.6 Å². The van der Waals surface area contributed by atoms with E-state index in [1.54, 1.807) is 0 Å². The van der Waals surface area contributed by atoms with E-state index in [1.165, 1.54) is 0 Å². The molecule has 0 bridgehead atoms. The molecule has 2 rings (SSSR count). The molecule has 18 heavy (non-hydrogen) atoms. The van der Waals surface area contributed by atoms with Gasteiger partial charge in [0, 0.05) is 19.1 Å². The highest BCUT2D eigenvalue weighted by atomic mass is 16.3. The summed E-state index contributed by atoms with van der Waals surface area (Å²) in [6.07, 6.45) is 9.86. The number of urea groups is 1. The minimum atomic E-state index is -0.611. The van der Waals surface area contributed by atoms with Gasteiger partial charge in [-0.15, -0.1) is 0 Å². The zero-order chi connectivity index (χ0) is 13.0. The summed E-state index contributed by atoms with van der Waals surface area (Å²) in [6.45, 7) is 3.26. The standard InChI is InChI=1S/C14H24N2O2/c1-14(18)8-5-10-16(11-9-14)13(17)15-12-6-3-2-4-7-12/h3,6,12,18H,2,4-5,7-11H2,1H3,(H,15,17)/t12-,14+/m0/s1. The average Bonchev–Trinajstić information content (AvgIpc) is 2.51. The van der Waals surface area contributed by atoms with Crippen LogP contribution in [0.4, 0.5) is 4.79 Å². The van der Waals surface area contributed by atoms with E-state index in [0.29, 0.717) is 13.0 Å². The summed E-state index contributed by atoms with van der Waals surface area (Å²) >= 11 is 0. The molecule has 0 unspecified atom stereocenters. The molecule has 4 heteroatoms. The zero-order valence-corrected chi connectivity index (χ0v) is 11.2. The fourth-order valence-corrected chi connectivity index (χ4v) is 2.65. The van der Waals surface area contributed by atoms with E-state index in [0.717, 1.165) is 38.6 Å². The number of nitrogens with one attached hydrogen (secondary N) is 1. The van der Waals surface area contributed by atoms with Gasteiger partial charge in [-0.3, -0.25) is 0 Å². The Balaban J connectivity index is 1.85. The highest BCUT2D eigenvalue weighted by Crippen LogP contribution is 2.21. The van der Waals surface area contributed by atoms with Crippen molar-refractivity contribution in [2.24, 2.45) is 0 Å². The summed E-state index contributed by atoms with van der Waals surface area (Å²) in [7, 11) is 0. The van der Waals surface area contributed by atoms with E-state index in [4.69, 9.17) is 0 Å². The highest BCUT2D eigenvalue weighted by molar-refractivity contribution is 5.74. The maximum absolute atomic E-state index is 12.1. The largest absolute Gasteiger partial charge is 0.390 e. The lowest BCUT2D eigenvalue weighted by Crippen LogP contribution is -2.45. The van der Waals surface area contributed by atoms with Crippen molar-refractivity contribution in [3.05, 3.63) is 12.2 Å². The number of rotatable bonds is 1. The smallest absolute Gasteiger partial charge is 0.317 e. The van der Waals surface area contributed by atoms with Crippen molar-refractivity contribution < 1.29 is 9.90 Å². The average molecular weight is 252 g/mol. The van der Waals surface area contributed by atoms with Gasteiger partial charge in [0.05, 0.1) is 5.60 Å². The Kier molecular flexibility index (Phi) is 4.27. The molecule has 0 aromatic heterocycles. The maximum atomic E-state index is 12.1. The Morgan fingerprint density at radius 3 is 2.94 bits per heavy atom. The van der Waals surface area contributed by atoms with Crippen LogP contribution >= 0.6 is 0 Å². The van der Waals surface area contributed by atoms with Crippen LogP contribution in [0, 0.1) is 0 Å². The number of hydrogen-bond donors (Lipinski definition) is 2. The summed E-state index contributed by atoms with van der Waals surface area (Å²) in [5, 5.41) is 13.1. The summed E-state index contributed by atoms with van der Waals surface area (Å²) < 4.78 is 0. The quantitative estimate of drug-likeness (QED) is 0.702. The molecule has 1 saturated heterocycles. The third-order valence-electron chi connectivity index (χ3n) is 3.91. The van der Waals surface area contributed by atoms with E-state index >= 15 is 0 Å². The molecule has 0 spiro atoms. The van der Waals surface area contributed by atoms with Crippen molar-refractivity contribution in [2.75, 3.05) is 13.1 Å². The molecule has 0 aromatic carbocycles. The fourth-order valence-electron chi connectivity index (χ4n) is 2.65. The molecule has 2 atom stereocenters. The normalized spacial score (nSPS) is 33.0. The molecular weight excluding hydrogens is 228 g/mol. The predicted octanol–water partition coefficient (Wildman–Crippen LogP) is 2.04. The first-order valence-corrected chi connectivity index (χ1v) is 7.01. The lowest BCUT2D eigenvalue weighted by molar-refractivity contribution is 0.0456. The SMILES string of the molecule is C[C@@]1(O)CCCN(C(=O)N[C@H]2C=CCCC2)CC1. The first-order valence-electron chi connectivity index (χ1n) is 7.01. The minimum absolute atomic E-state index is 0.0178. The molecular formula is C14H24N2O2. The Labute approximate surface area is 109 Å². The number of hydrogen-bond acceptors (Lipinski definition) is 2. The Hall–Kier alpha value is -1.03. The van der Waals surface area contributed by atoms with Crippen LogP contribution in [0.1, 0.15) is 45.4 Å². The Morgan fingerprint density at radius 1 is 1.39 bits per heavy atom. The van der Waals surface area contributed by atoms with Gasteiger partial charge in [-0.05, 0) is 45.4 Å². The number of carbonyl (C=O) groups is 1. The molecule has 1 aliphatic carbocycles. The van der Waals surface area contributed by atoms with Crippen LogP contribution in [0.15, 0.2) is 12.2 Å². The minimum Gasteiger partial charge on any atom is -0.390 e. The number of nitrogens with zero attached hydrogens (tertiary/aromatic N) is 1. The number of allylic oxidation sites excluding steroid dienone is 1. The van der Waals surface area contributed by atoms with Gasteiger partial charge in [-0.1, -0.05) is 12.2 Å². The van der Waals surface area contributed by atoms with Crippen molar-refractivity contribution in [1.29, 1.82) is 0 Å². The second-order valence-corrected chi connectivity index (χ2v) is 5.75. The van der Waals surface area contributed by atoms with Gasteiger partial charge in [0.2, 0.25) is 0 Å². The molecule has 0 radical (unpaired) electrons. The van der Waals surface area contributed by atoms with Crippen LogP contribution in [0.3, 0.4) is 0 Å². The molecule has 1 heterocycles. The lowest BCUT2D eigenvalue weighted by atomic mass is 9.98. The molecule has 4 nitrogen and oxygen atoms in total. The van der Waals surface area contributed by atoms with E-state index < -0.39 is 5.60 Å². The van der Waals surface area contributed by atoms with Gasteiger partial charge in [-0.25, -0.2) is 4.79 Å². The second kappa shape index (κ2) is 5.74. The molecule has 1 fully saturated rings. The van der Waals surface area contributed by atoms with Crippen LogP contribution in [-0.4, -0.2) is 40.8 Å². The number of carbonyl (C=O) groups excluding carboxylic acids is 1. The van der Waals surface area contributed by atoms with Crippen molar-refractivity contribution in [1.82, 2.24) is 10.2 Å². The number of aliphatic hydroxyl groups is 1. The van der Waals surface area contributed by atoms with E-state index in [-0.39, 0.29) is 12.1 Å². The van der Waals surface area contributed by atoms with E-state index in [2.05, 4.69) is 17.5 Å². The molecule has 2 aliphatic rings. The third kappa shape index (κ3) is 3.73. The van der Waals surface area contributed by atoms with Gasteiger partial charge in [0.25, 0.3) is 0 Å². The predicted molar refractivity (Wildman–Crippen MR) is 71.4 cm³/mol. The zero-order valence-electron chi connectivity index (χ0n) is 11.2. The lowest BCUT2D eigenvalue weighted by Gasteiger charge is -2.26. The third-order valence-corrected chi connectivity index (χ3v) is 3.91. The van der Waals surface area contributed by atoms with Gasteiger partial charge < -0.3 is 15.3 Å². The van der Waals surface area contributed by atoms with Gasteiger partial charge >= 0.3 is 6.03 Å². The second-order valence-electron chi connectivity index (χ2n) is 5.75. The summed E-state index contributed by atoms with van der Waals surface area (Å²) in [6, 6.07) is 0.208. The first kappa shape index (κ1) is 13.4.